The van der Waals surface area contributed by atoms with Crippen molar-refractivity contribution in [2.75, 3.05) is 0 Å². The maximum Gasteiger partial charge on any atom is 0.0797 e. The Hall–Kier alpha value is -1.15. The van der Waals surface area contributed by atoms with E-state index in [0.717, 1.165) is 12.1 Å². The smallest absolute Gasteiger partial charge is 0.0797 e. The number of hydrogen-bond acceptors (Lipinski definition) is 2. The van der Waals surface area contributed by atoms with Crippen LogP contribution in [0.1, 0.15) is 42.5 Å². The molecule has 2 heteroatoms. The molecule has 1 aromatic carbocycles. The Morgan fingerprint density at radius 3 is 2.24 bits per heavy atom. The van der Waals surface area contributed by atoms with Crippen molar-refractivity contribution in [1.29, 1.82) is 0 Å². The first-order chi connectivity index (χ1) is 7.97. The Morgan fingerprint density at radius 1 is 1.12 bits per heavy atom. The lowest BCUT2D eigenvalue weighted by atomic mass is 9.86. The average Bonchev–Trinajstić information content (AvgIpc) is 2.64. The molecule has 0 aliphatic rings. The van der Waals surface area contributed by atoms with Gasteiger partial charge in [-0.15, -0.1) is 11.3 Å². The van der Waals surface area contributed by atoms with Gasteiger partial charge < -0.3 is 0 Å². The molecule has 0 bridgehead atoms. The van der Waals surface area contributed by atoms with E-state index in [-0.39, 0.29) is 5.41 Å². The second-order valence-corrected chi connectivity index (χ2v) is 6.42. The lowest BCUT2D eigenvalue weighted by molar-refractivity contribution is 0.590. The number of rotatable bonds is 2. The summed E-state index contributed by atoms with van der Waals surface area (Å²) in [6.07, 6.45) is 1.00. The van der Waals surface area contributed by atoms with Crippen molar-refractivity contribution in [2.45, 2.75) is 39.5 Å². The predicted octanol–water partition coefficient (Wildman–Crippen LogP) is 4.34. The minimum Gasteiger partial charge on any atom is -0.250 e. The largest absolute Gasteiger partial charge is 0.250 e. The predicted molar refractivity (Wildman–Crippen MR) is 74.8 cm³/mol. The van der Waals surface area contributed by atoms with E-state index in [1.54, 1.807) is 11.3 Å². The molecule has 90 valence electrons. The number of thiazole rings is 1. The van der Waals surface area contributed by atoms with Gasteiger partial charge in [-0.05, 0) is 23.5 Å². The van der Waals surface area contributed by atoms with E-state index in [1.807, 2.05) is 5.51 Å². The molecule has 0 aliphatic carbocycles. The summed E-state index contributed by atoms with van der Waals surface area (Å²) in [5, 5.41) is 0. The number of benzene rings is 1. The van der Waals surface area contributed by atoms with Crippen LogP contribution in [0.4, 0.5) is 0 Å². The molecular weight excluding hydrogens is 226 g/mol. The standard InChI is InChI=1S/C15H19NS/c1-11-14(17-10-16-11)9-12-5-7-13(8-6-12)15(2,3)4/h5-8,10H,9H2,1-4H3. The molecule has 0 amide bonds. The topological polar surface area (TPSA) is 12.9 Å². The number of aromatic nitrogens is 1. The van der Waals surface area contributed by atoms with Crippen LogP contribution in [0.3, 0.4) is 0 Å². The summed E-state index contributed by atoms with van der Waals surface area (Å²) in [6, 6.07) is 8.96. The quantitative estimate of drug-likeness (QED) is 0.767. The summed E-state index contributed by atoms with van der Waals surface area (Å²) in [5.74, 6) is 0. The average molecular weight is 245 g/mol. The zero-order valence-electron chi connectivity index (χ0n) is 10.9. The molecule has 0 spiro atoms. The van der Waals surface area contributed by atoms with E-state index in [2.05, 4.69) is 56.9 Å². The highest BCUT2D eigenvalue weighted by atomic mass is 32.1. The van der Waals surface area contributed by atoms with E-state index in [9.17, 15) is 0 Å². The van der Waals surface area contributed by atoms with Gasteiger partial charge in [-0.25, -0.2) is 4.98 Å². The Balaban J connectivity index is 2.17. The monoisotopic (exact) mass is 245 g/mol. The van der Waals surface area contributed by atoms with E-state index in [1.165, 1.54) is 16.0 Å². The summed E-state index contributed by atoms with van der Waals surface area (Å²) in [5.41, 5.74) is 6.08. The van der Waals surface area contributed by atoms with Crippen LogP contribution in [-0.4, -0.2) is 4.98 Å². The summed E-state index contributed by atoms with van der Waals surface area (Å²) in [6.45, 7) is 8.81. The van der Waals surface area contributed by atoms with Crippen LogP contribution in [-0.2, 0) is 11.8 Å². The molecule has 0 fully saturated rings. The lowest BCUT2D eigenvalue weighted by Crippen LogP contribution is -2.10. The number of aryl methyl sites for hydroxylation is 1. The zero-order chi connectivity index (χ0) is 12.5. The van der Waals surface area contributed by atoms with E-state index in [4.69, 9.17) is 0 Å². The van der Waals surface area contributed by atoms with Gasteiger partial charge in [0.25, 0.3) is 0 Å². The highest BCUT2D eigenvalue weighted by Gasteiger charge is 2.13. The van der Waals surface area contributed by atoms with Crippen LogP contribution in [0.5, 0.6) is 0 Å². The zero-order valence-corrected chi connectivity index (χ0v) is 11.8. The second-order valence-electron chi connectivity index (χ2n) is 5.48. The SMILES string of the molecule is Cc1ncsc1Cc1ccc(C(C)(C)C)cc1. The first-order valence-electron chi connectivity index (χ1n) is 5.95. The third kappa shape index (κ3) is 2.95. The van der Waals surface area contributed by atoms with Crippen LogP contribution in [0.25, 0.3) is 0 Å². The van der Waals surface area contributed by atoms with Crippen molar-refractivity contribution in [3.05, 3.63) is 51.5 Å². The van der Waals surface area contributed by atoms with Crippen molar-refractivity contribution in [3.63, 3.8) is 0 Å². The van der Waals surface area contributed by atoms with E-state index >= 15 is 0 Å². The molecule has 0 atom stereocenters. The molecule has 2 rings (SSSR count). The Morgan fingerprint density at radius 2 is 1.76 bits per heavy atom. The minimum atomic E-state index is 0.235. The van der Waals surface area contributed by atoms with Crippen LogP contribution in [0.2, 0.25) is 0 Å². The minimum absolute atomic E-state index is 0.235. The second kappa shape index (κ2) is 4.61. The summed E-state index contributed by atoms with van der Waals surface area (Å²) in [7, 11) is 0. The van der Waals surface area contributed by atoms with Crippen molar-refractivity contribution in [3.8, 4) is 0 Å². The van der Waals surface area contributed by atoms with Gasteiger partial charge in [-0.3, -0.25) is 0 Å². The molecule has 1 nitrogen and oxygen atoms in total. The van der Waals surface area contributed by atoms with Crippen molar-refractivity contribution >= 4 is 11.3 Å². The third-order valence-electron chi connectivity index (χ3n) is 3.03. The molecule has 0 saturated carbocycles. The first-order valence-corrected chi connectivity index (χ1v) is 6.83. The van der Waals surface area contributed by atoms with Gasteiger partial charge in [0.15, 0.2) is 0 Å². The molecule has 0 N–H and O–H groups in total. The Bertz CT molecular complexity index is 488. The van der Waals surface area contributed by atoms with Gasteiger partial charge in [0.1, 0.15) is 0 Å². The Labute approximate surface area is 108 Å². The van der Waals surface area contributed by atoms with Crippen molar-refractivity contribution in [2.24, 2.45) is 0 Å². The highest BCUT2D eigenvalue weighted by Crippen LogP contribution is 2.23. The van der Waals surface area contributed by atoms with Crippen LogP contribution >= 0.6 is 11.3 Å². The van der Waals surface area contributed by atoms with Crippen molar-refractivity contribution < 1.29 is 0 Å². The van der Waals surface area contributed by atoms with Crippen LogP contribution in [0, 0.1) is 6.92 Å². The van der Waals surface area contributed by atoms with Crippen molar-refractivity contribution in [1.82, 2.24) is 4.98 Å². The normalized spacial score (nSPS) is 11.8. The van der Waals surface area contributed by atoms with Gasteiger partial charge in [-0.1, -0.05) is 45.0 Å². The molecule has 1 aromatic heterocycles. The van der Waals surface area contributed by atoms with Crippen LogP contribution in [0.15, 0.2) is 29.8 Å². The lowest BCUT2D eigenvalue weighted by Gasteiger charge is -2.19. The third-order valence-corrected chi connectivity index (χ3v) is 3.96. The fraction of sp³-hybridized carbons (Fsp3) is 0.400. The van der Waals surface area contributed by atoms with Gasteiger partial charge in [0.05, 0.1) is 11.2 Å². The summed E-state index contributed by atoms with van der Waals surface area (Å²) < 4.78 is 0. The first kappa shape index (κ1) is 12.3. The molecular formula is C15H19NS. The highest BCUT2D eigenvalue weighted by molar-refractivity contribution is 7.09. The van der Waals surface area contributed by atoms with Gasteiger partial charge in [0, 0.05) is 11.3 Å². The molecule has 0 saturated heterocycles. The number of hydrogen-bond donors (Lipinski definition) is 0. The maximum atomic E-state index is 4.29. The summed E-state index contributed by atoms with van der Waals surface area (Å²) >= 11 is 1.74. The maximum absolute atomic E-state index is 4.29. The fourth-order valence-corrected chi connectivity index (χ4v) is 2.62. The molecule has 0 radical (unpaired) electrons. The van der Waals surface area contributed by atoms with Gasteiger partial charge >= 0.3 is 0 Å². The van der Waals surface area contributed by atoms with Gasteiger partial charge in [-0.2, -0.15) is 0 Å². The number of nitrogens with zero attached hydrogens (tertiary/aromatic N) is 1. The molecule has 0 unspecified atom stereocenters. The molecule has 0 aliphatic heterocycles. The van der Waals surface area contributed by atoms with E-state index < -0.39 is 0 Å². The summed E-state index contributed by atoms with van der Waals surface area (Å²) in [4.78, 5) is 5.66. The van der Waals surface area contributed by atoms with Gasteiger partial charge in [0.2, 0.25) is 0 Å². The molecule has 17 heavy (non-hydrogen) atoms. The van der Waals surface area contributed by atoms with E-state index in [0.29, 0.717) is 0 Å². The molecule has 2 aromatic rings. The fourth-order valence-electron chi connectivity index (χ4n) is 1.80. The van der Waals surface area contributed by atoms with Crippen LogP contribution < -0.4 is 0 Å². The Kier molecular flexibility index (Phi) is 3.34. The molecule has 1 heterocycles.